The minimum atomic E-state index is -1.39. The van der Waals surface area contributed by atoms with Gasteiger partial charge in [-0.15, -0.1) is 12.4 Å². The molecule has 1 atom stereocenters. The number of nitrogens with one attached hydrogen (secondary N) is 2. The van der Waals surface area contributed by atoms with Crippen LogP contribution >= 0.6 is 12.4 Å². The van der Waals surface area contributed by atoms with Gasteiger partial charge in [0, 0.05) is 12.5 Å². The zero-order chi connectivity index (χ0) is 15.0. The average molecular weight is 323 g/mol. The minimum absolute atomic E-state index is 0. The van der Waals surface area contributed by atoms with E-state index in [9.17, 15) is 14.4 Å². The Morgan fingerprint density at radius 3 is 2.19 bits per heavy atom. The second-order valence-corrected chi connectivity index (χ2v) is 4.50. The fraction of sp³-hybridized carbons (Fsp3) is 0.769. The molecule has 7 nitrogen and oxygen atoms in total. The maximum absolute atomic E-state index is 11.9. The van der Waals surface area contributed by atoms with Crippen molar-refractivity contribution in [2.75, 3.05) is 19.8 Å². The second-order valence-electron chi connectivity index (χ2n) is 4.50. The second kappa shape index (κ2) is 10.4. The highest BCUT2D eigenvalue weighted by molar-refractivity contribution is 6.02. The molecule has 1 fully saturated rings. The van der Waals surface area contributed by atoms with Gasteiger partial charge in [-0.2, -0.15) is 0 Å². The van der Waals surface area contributed by atoms with Gasteiger partial charge in [-0.1, -0.05) is 0 Å². The van der Waals surface area contributed by atoms with Crippen molar-refractivity contribution in [3.8, 4) is 0 Å². The number of rotatable bonds is 7. The van der Waals surface area contributed by atoms with E-state index in [-0.39, 0.29) is 44.0 Å². The van der Waals surface area contributed by atoms with Crippen LogP contribution in [0.15, 0.2) is 0 Å². The molecule has 0 aliphatic carbocycles. The molecule has 1 heterocycles. The zero-order valence-electron chi connectivity index (χ0n) is 12.3. The molecule has 8 heteroatoms. The summed E-state index contributed by atoms with van der Waals surface area (Å²) in [7, 11) is 0. The lowest BCUT2D eigenvalue weighted by Gasteiger charge is -2.17. The molecule has 1 amide bonds. The van der Waals surface area contributed by atoms with E-state index in [1.54, 1.807) is 13.8 Å². The number of ether oxygens (including phenoxy) is 2. The van der Waals surface area contributed by atoms with Crippen LogP contribution in [0.3, 0.4) is 0 Å². The Morgan fingerprint density at radius 2 is 1.76 bits per heavy atom. The van der Waals surface area contributed by atoms with Crippen molar-refractivity contribution in [2.24, 2.45) is 0 Å². The fourth-order valence-electron chi connectivity index (χ4n) is 2.04. The van der Waals surface area contributed by atoms with Gasteiger partial charge >= 0.3 is 11.9 Å². The first-order chi connectivity index (χ1) is 9.58. The molecule has 1 unspecified atom stereocenters. The summed E-state index contributed by atoms with van der Waals surface area (Å²) in [5.41, 5.74) is 0. The predicted molar refractivity (Wildman–Crippen MR) is 78.1 cm³/mol. The van der Waals surface area contributed by atoms with Crippen molar-refractivity contribution in [1.29, 1.82) is 0 Å². The van der Waals surface area contributed by atoms with Crippen LogP contribution < -0.4 is 10.6 Å². The van der Waals surface area contributed by atoms with E-state index in [0.717, 1.165) is 19.4 Å². The molecule has 0 saturated carbocycles. The van der Waals surface area contributed by atoms with Crippen molar-refractivity contribution in [1.82, 2.24) is 10.6 Å². The summed E-state index contributed by atoms with van der Waals surface area (Å²) in [5.74, 6) is -1.95. The Morgan fingerprint density at radius 1 is 1.19 bits per heavy atom. The molecule has 0 aromatic heterocycles. The summed E-state index contributed by atoms with van der Waals surface area (Å²) >= 11 is 0. The van der Waals surface area contributed by atoms with Gasteiger partial charge in [-0.3, -0.25) is 4.79 Å². The van der Waals surface area contributed by atoms with Crippen LogP contribution in [0, 0.1) is 0 Å². The maximum Gasteiger partial charge on any atom is 0.340 e. The smallest absolute Gasteiger partial charge is 0.340 e. The van der Waals surface area contributed by atoms with Gasteiger partial charge in [0.2, 0.25) is 11.9 Å². The Bertz CT molecular complexity index is 340. The van der Waals surface area contributed by atoms with E-state index in [2.05, 4.69) is 10.6 Å². The van der Waals surface area contributed by atoms with Crippen LogP contribution in [0.4, 0.5) is 0 Å². The van der Waals surface area contributed by atoms with Crippen LogP contribution in [0.2, 0.25) is 0 Å². The SMILES string of the molecule is CCOC(=O)C(NC(=O)CC1CCCN1)C(=O)OCC.Cl. The number of carbonyl (C=O) groups excluding carboxylic acids is 3. The average Bonchev–Trinajstić information content (AvgIpc) is 2.89. The number of hydrogen-bond acceptors (Lipinski definition) is 6. The topological polar surface area (TPSA) is 93.7 Å². The third kappa shape index (κ3) is 6.77. The van der Waals surface area contributed by atoms with Gasteiger partial charge in [-0.25, -0.2) is 9.59 Å². The lowest BCUT2D eigenvalue weighted by Crippen LogP contribution is -2.49. The summed E-state index contributed by atoms with van der Waals surface area (Å²) in [6.07, 6.45) is 2.17. The lowest BCUT2D eigenvalue weighted by atomic mass is 10.1. The Balaban J connectivity index is 0.00000400. The van der Waals surface area contributed by atoms with Crippen molar-refractivity contribution >= 4 is 30.3 Å². The highest BCUT2D eigenvalue weighted by atomic mass is 35.5. The first-order valence-corrected chi connectivity index (χ1v) is 6.94. The molecular weight excluding hydrogens is 300 g/mol. The van der Waals surface area contributed by atoms with E-state index in [4.69, 9.17) is 9.47 Å². The monoisotopic (exact) mass is 322 g/mol. The molecule has 1 aliphatic rings. The van der Waals surface area contributed by atoms with Gasteiger partial charge in [0.05, 0.1) is 13.2 Å². The molecule has 1 aliphatic heterocycles. The molecule has 0 aromatic rings. The van der Waals surface area contributed by atoms with Gasteiger partial charge in [0.25, 0.3) is 0 Å². The largest absolute Gasteiger partial charge is 0.464 e. The highest BCUT2D eigenvalue weighted by Gasteiger charge is 2.32. The molecular formula is C13H23ClN2O5. The maximum atomic E-state index is 11.9. The lowest BCUT2D eigenvalue weighted by molar-refractivity contribution is -0.159. The number of amides is 1. The summed E-state index contributed by atoms with van der Waals surface area (Å²) in [6.45, 7) is 4.41. The molecule has 1 rings (SSSR count). The van der Waals surface area contributed by atoms with Crippen molar-refractivity contribution in [3.05, 3.63) is 0 Å². The van der Waals surface area contributed by atoms with Crippen LogP contribution in [-0.2, 0) is 23.9 Å². The normalized spacial score (nSPS) is 17.0. The van der Waals surface area contributed by atoms with Crippen LogP contribution in [-0.4, -0.2) is 49.7 Å². The van der Waals surface area contributed by atoms with Crippen molar-refractivity contribution in [3.63, 3.8) is 0 Å². The Labute approximate surface area is 130 Å². The predicted octanol–water partition coefficient (Wildman–Crippen LogP) is 0.161. The first-order valence-electron chi connectivity index (χ1n) is 6.94. The summed E-state index contributed by atoms with van der Waals surface area (Å²) in [5, 5.41) is 5.56. The van der Waals surface area contributed by atoms with Crippen LogP contribution in [0.5, 0.6) is 0 Å². The number of halogens is 1. The van der Waals surface area contributed by atoms with E-state index in [1.807, 2.05) is 0 Å². The number of carbonyl (C=O) groups is 3. The van der Waals surface area contributed by atoms with E-state index in [1.165, 1.54) is 0 Å². The third-order valence-corrected chi connectivity index (χ3v) is 2.94. The number of hydrogen-bond donors (Lipinski definition) is 2. The molecule has 0 radical (unpaired) electrons. The zero-order valence-corrected chi connectivity index (χ0v) is 13.2. The Hall–Kier alpha value is -1.34. The fourth-order valence-corrected chi connectivity index (χ4v) is 2.04. The van der Waals surface area contributed by atoms with E-state index >= 15 is 0 Å². The van der Waals surface area contributed by atoms with Gasteiger partial charge in [-0.05, 0) is 33.2 Å². The molecule has 0 aromatic carbocycles. The molecule has 2 N–H and O–H groups in total. The van der Waals surface area contributed by atoms with Gasteiger partial charge < -0.3 is 20.1 Å². The number of esters is 2. The van der Waals surface area contributed by atoms with Crippen molar-refractivity contribution in [2.45, 2.75) is 45.2 Å². The summed E-state index contributed by atoms with van der Waals surface area (Å²) in [6, 6.07) is -1.29. The molecule has 21 heavy (non-hydrogen) atoms. The summed E-state index contributed by atoms with van der Waals surface area (Å²) < 4.78 is 9.54. The molecule has 0 spiro atoms. The third-order valence-electron chi connectivity index (χ3n) is 2.94. The van der Waals surface area contributed by atoms with Crippen LogP contribution in [0.25, 0.3) is 0 Å². The molecule has 1 saturated heterocycles. The summed E-state index contributed by atoms with van der Waals surface area (Å²) in [4.78, 5) is 35.2. The van der Waals surface area contributed by atoms with E-state index in [0.29, 0.717) is 0 Å². The quantitative estimate of drug-likeness (QED) is 0.512. The van der Waals surface area contributed by atoms with Crippen molar-refractivity contribution < 1.29 is 23.9 Å². The highest BCUT2D eigenvalue weighted by Crippen LogP contribution is 2.08. The van der Waals surface area contributed by atoms with Gasteiger partial charge in [0.15, 0.2) is 0 Å². The van der Waals surface area contributed by atoms with Crippen LogP contribution in [0.1, 0.15) is 33.1 Å². The molecule has 122 valence electrons. The first kappa shape index (κ1) is 19.7. The van der Waals surface area contributed by atoms with Gasteiger partial charge in [0.1, 0.15) is 0 Å². The molecule has 0 bridgehead atoms. The Kier molecular flexibility index (Phi) is 9.73. The van der Waals surface area contributed by atoms with E-state index < -0.39 is 18.0 Å². The standard InChI is InChI=1S/C13H22N2O5.ClH/c1-3-19-12(17)11(13(18)20-4-2)15-10(16)8-9-6-5-7-14-9;/h9,11,14H,3-8H2,1-2H3,(H,15,16);1H. The minimum Gasteiger partial charge on any atom is -0.464 e.